The maximum absolute atomic E-state index is 13.0. The predicted molar refractivity (Wildman–Crippen MR) is 104 cm³/mol. The first-order valence-electron chi connectivity index (χ1n) is 7.93. The Kier molecular flexibility index (Phi) is 6.04. The van der Waals surface area contributed by atoms with Crippen molar-refractivity contribution in [2.24, 2.45) is 0 Å². The van der Waals surface area contributed by atoms with Crippen molar-refractivity contribution < 1.29 is 17.6 Å². The monoisotopic (exact) mass is 440 g/mol. The minimum atomic E-state index is -3.98. The van der Waals surface area contributed by atoms with Gasteiger partial charge in [-0.2, -0.15) is 0 Å². The van der Waals surface area contributed by atoms with Crippen LogP contribution in [-0.2, 0) is 10.0 Å². The molecule has 3 rings (SSSR count). The van der Waals surface area contributed by atoms with E-state index in [0.717, 1.165) is 0 Å². The molecule has 1 aromatic heterocycles. The molecule has 2 N–H and O–H groups in total. The van der Waals surface area contributed by atoms with E-state index in [1.807, 2.05) is 0 Å². The third kappa shape index (κ3) is 4.71. The van der Waals surface area contributed by atoms with Gasteiger partial charge < -0.3 is 0 Å². The second-order valence-electron chi connectivity index (χ2n) is 5.70. The van der Waals surface area contributed by atoms with Crippen LogP contribution in [0.1, 0.15) is 28.9 Å². The van der Waals surface area contributed by atoms with Gasteiger partial charge in [-0.05, 0) is 36.8 Å². The van der Waals surface area contributed by atoms with Crippen molar-refractivity contribution in [1.29, 1.82) is 0 Å². The van der Waals surface area contributed by atoms with Gasteiger partial charge in [0.25, 0.3) is 15.9 Å². The molecule has 0 saturated heterocycles. The molecule has 0 unspecified atom stereocenters. The molecular formula is C17H14ClFN4O3S2. The molecule has 1 amide bonds. The number of aromatic nitrogens is 2. The molecule has 146 valence electrons. The Bertz CT molecular complexity index is 1100. The summed E-state index contributed by atoms with van der Waals surface area (Å²) in [5.74, 6) is -0.944. The first kappa shape index (κ1) is 20.3. The van der Waals surface area contributed by atoms with Crippen LogP contribution in [0, 0.1) is 5.82 Å². The molecule has 28 heavy (non-hydrogen) atoms. The summed E-state index contributed by atoms with van der Waals surface area (Å²) in [4.78, 5) is 12.2. The number of rotatable bonds is 6. The van der Waals surface area contributed by atoms with Crippen molar-refractivity contribution in [3.05, 3.63) is 70.5 Å². The fraction of sp³-hybridized carbons (Fsp3) is 0.118. The van der Waals surface area contributed by atoms with Crippen molar-refractivity contribution in [3.63, 3.8) is 0 Å². The number of sulfonamides is 1. The van der Waals surface area contributed by atoms with Crippen LogP contribution in [0.3, 0.4) is 0 Å². The number of carbonyl (C=O) groups excluding carboxylic acids is 1. The Hall–Kier alpha value is -2.40. The Morgan fingerprint density at radius 2 is 1.82 bits per heavy atom. The number of amides is 1. The lowest BCUT2D eigenvalue weighted by atomic mass is 10.1. The van der Waals surface area contributed by atoms with Crippen LogP contribution in [0.25, 0.3) is 0 Å². The molecule has 0 saturated carbocycles. The molecule has 1 heterocycles. The Morgan fingerprint density at radius 1 is 1.14 bits per heavy atom. The van der Waals surface area contributed by atoms with Crippen LogP contribution in [-0.4, -0.2) is 24.5 Å². The second-order valence-corrected chi connectivity index (χ2v) is 8.97. The average molecular weight is 441 g/mol. The minimum Gasteiger partial charge on any atom is -0.296 e. The highest BCUT2D eigenvalue weighted by Gasteiger charge is 2.24. The molecule has 0 spiro atoms. The van der Waals surface area contributed by atoms with E-state index in [2.05, 4.69) is 20.2 Å². The molecule has 3 aromatic rings. The number of hydrogen-bond acceptors (Lipinski definition) is 6. The normalized spacial score (nSPS) is 12.5. The highest BCUT2D eigenvalue weighted by Crippen LogP contribution is 2.24. The SMILES string of the molecule is C[C@@H](NS(=O)(=O)c1nnc(NC(=O)c2ccccc2Cl)s1)c1ccc(F)cc1. The van der Waals surface area contributed by atoms with Gasteiger partial charge in [0, 0.05) is 6.04 Å². The largest absolute Gasteiger partial charge is 0.296 e. The molecule has 0 aliphatic carbocycles. The molecule has 0 bridgehead atoms. The maximum atomic E-state index is 13.0. The summed E-state index contributed by atoms with van der Waals surface area (Å²) < 4.78 is 40.1. The Balaban J connectivity index is 1.72. The Morgan fingerprint density at radius 3 is 2.50 bits per heavy atom. The predicted octanol–water partition coefficient (Wildman–Crippen LogP) is 3.62. The number of nitrogens with one attached hydrogen (secondary N) is 2. The van der Waals surface area contributed by atoms with Gasteiger partial charge in [0.05, 0.1) is 10.6 Å². The lowest BCUT2D eigenvalue weighted by Gasteiger charge is -2.12. The van der Waals surface area contributed by atoms with E-state index in [4.69, 9.17) is 11.6 Å². The topological polar surface area (TPSA) is 101 Å². The van der Waals surface area contributed by atoms with Crippen LogP contribution < -0.4 is 10.0 Å². The van der Waals surface area contributed by atoms with Crippen molar-refractivity contribution in [2.45, 2.75) is 17.3 Å². The lowest BCUT2D eigenvalue weighted by molar-refractivity contribution is 0.102. The number of hydrogen-bond donors (Lipinski definition) is 2. The summed E-state index contributed by atoms with van der Waals surface area (Å²) in [5, 5.41) is 10.1. The third-order valence-electron chi connectivity index (χ3n) is 3.68. The summed E-state index contributed by atoms with van der Waals surface area (Å²) in [6.07, 6.45) is 0. The fourth-order valence-corrected chi connectivity index (χ4v) is 4.65. The van der Waals surface area contributed by atoms with Crippen LogP contribution in [0.15, 0.2) is 52.9 Å². The van der Waals surface area contributed by atoms with Gasteiger partial charge >= 0.3 is 0 Å². The maximum Gasteiger partial charge on any atom is 0.270 e. The van der Waals surface area contributed by atoms with Crippen LogP contribution >= 0.6 is 22.9 Å². The van der Waals surface area contributed by atoms with E-state index in [9.17, 15) is 17.6 Å². The van der Waals surface area contributed by atoms with Gasteiger partial charge in [0.1, 0.15) is 5.82 Å². The molecule has 7 nitrogen and oxygen atoms in total. The van der Waals surface area contributed by atoms with Crippen LogP contribution in [0.4, 0.5) is 9.52 Å². The van der Waals surface area contributed by atoms with Gasteiger partial charge in [0.2, 0.25) is 9.47 Å². The van der Waals surface area contributed by atoms with E-state index in [0.29, 0.717) is 16.9 Å². The van der Waals surface area contributed by atoms with Crippen LogP contribution in [0.2, 0.25) is 5.02 Å². The summed E-state index contributed by atoms with van der Waals surface area (Å²) in [7, 11) is -3.98. The molecule has 0 radical (unpaired) electrons. The molecule has 0 aliphatic heterocycles. The first-order chi connectivity index (χ1) is 13.3. The smallest absolute Gasteiger partial charge is 0.270 e. The number of nitrogens with zero attached hydrogens (tertiary/aromatic N) is 2. The second kappa shape index (κ2) is 8.31. The van der Waals surface area contributed by atoms with E-state index in [-0.39, 0.29) is 20.1 Å². The minimum absolute atomic E-state index is 0.0136. The standard InChI is InChI=1S/C17H14ClFN4O3S2/c1-10(11-6-8-12(19)9-7-11)23-28(25,26)17-22-21-16(27-17)20-15(24)13-4-2-3-5-14(13)18/h2-10,23H,1H3,(H,20,21,24)/t10-/m1/s1. The van der Waals surface area contributed by atoms with Gasteiger partial charge in [-0.1, -0.05) is 47.2 Å². The fourth-order valence-electron chi connectivity index (χ4n) is 2.28. The van der Waals surface area contributed by atoms with E-state index < -0.39 is 27.8 Å². The number of carbonyl (C=O) groups is 1. The van der Waals surface area contributed by atoms with Gasteiger partial charge in [-0.15, -0.1) is 10.2 Å². The lowest BCUT2D eigenvalue weighted by Crippen LogP contribution is -2.26. The van der Waals surface area contributed by atoms with Gasteiger partial charge in [0.15, 0.2) is 0 Å². The van der Waals surface area contributed by atoms with Crippen molar-refractivity contribution in [1.82, 2.24) is 14.9 Å². The highest BCUT2D eigenvalue weighted by atomic mass is 35.5. The highest BCUT2D eigenvalue weighted by molar-refractivity contribution is 7.91. The summed E-state index contributed by atoms with van der Waals surface area (Å²) >= 11 is 6.67. The molecule has 11 heteroatoms. The van der Waals surface area contributed by atoms with E-state index in [1.54, 1.807) is 25.1 Å². The number of anilines is 1. The van der Waals surface area contributed by atoms with Crippen molar-refractivity contribution in [3.8, 4) is 0 Å². The molecule has 2 aromatic carbocycles. The molecule has 0 fully saturated rings. The van der Waals surface area contributed by atoms with E-state index in [1.165, 1.54) is 30.3 Å². The van der Waals surface area contributed by atoms with Crippen LogP contribution in [0.5, 0.6) is 0 Å². The van der Waals surface area contributed by atoms with Gasteiger partial charge in [-0.3, -0.25) is 10.1 Å². The Labute approximate surface area is 169 Å². The van der Waals surface area contributed by atoms with E-state index >= 15 is 0 Å². The zero-order chi connectivity index (χ0) is 20.3. The quantitative estimate of drug-likeness (QED) is 0.570. The van der Waals surface area contributed by atoms with Crippen molar-refractivity contribution in [2.75, 3.05) is 5.32 Å². The van der Waals surface area contributed by atoms with Crippen molar-refractivity contribution >= 4 is 44.0 Å². The molecule has 0 aliphatic rings. The van der Waals surface area contributed by atoms with Gasteiger partial charge in [-0.25, -0.2) is 17.5 Å². The number of benzene rings is 2. The number of halogens is 2. The molecule has 1 atom stereocenters. The average Bonchev–Trinajstić information content (AvgIpc) is 3.11. The zero-order valence-electron chi connectivity index (χ0n) is 14.4. The summed E-state index contributed by atoms with van der Waals surface area (Å²) in [5.41, 5.74) is 0.813. The summed E-state index contributed by atoms with van der Waals surface area (Å²) in [6, 6.07) is 11.3. The third-order valence-corrected chi connectivity index (χ3v) is 6.75. The molecular weight excluding hydrogens is 427 g/mol. The summed E-state index contributed by atoms with van der Waals surface area (Å²) in [6.45, 7) is 1.62. The first-order valence-corrected chi connectivity index (χ1v) is 10.6. The zero-order valence-corrected chi connectivity index (χ0v) is 16.8.